The Morgan fingerprint density at radius 2 is 1.83 bits per heavy atom. The van der Waals surface area contributed by atoms with Crippen molar-refractivity contribution in [2.75, 3.05) is 0 Å². The third-order valence-electron chi connectivity index (χ3n) is 3.50. The lowest BCUT2D eigenvalue weighted by Gasteiger charge is -2.09. The molecule has 92 valence electrons. The van der Waals surface area contributed by atoms with Gasteiger partial charge in [0.15, 0.2) is 0 Å². The van der Waals surface area contributed by atoms with Crippen LogP contribution in [0.1, 0.15) is 34.3 Å². The molecule has 0 saturated heterocycles. The summed E-state index contributed by atoms with van der Waals surface area (Å²) in [6.07, 6.45) is 2.01. The molecular formula is C15H16N2O. The van der Waals surface area contributed by atoms with Crippen LogP contribution in [0.4, 0.5) is 0 Å². The van der Waals surface area contributed by atoms with Gasteiger partial charge in [-0.25, -0.2) is 9.97 Å². The number of aryl methyl sites for hydroxylation is 1. The van der Waals surface area contributed by atoms with E-state index in [4.69, 9.17) is 0 Å². The zero-order chi connectivity index (χ0) is 12.5. The third kappa shape index (κ3) is 2.02. The molecule has 0 bridgehead atoms. The van der Waals surface area contributed by atoms with Gasteiger partial charge in [-0.15, -0.1) is 0 Å². The summed E-state index contributed by atoms with van der Waals surface area (Å²) in [5, 5.41) is 9.21. The average molecular weight is 240 g/mol. The molecule has 1 heterocycles. The summed E-state index contributed by atoms with van der Waals surface area (Å²) < 4.78 is 0. The monoisotopic (exact) mass is 240 g/mol. The number of hydrogen-bond acceptors (Lipinski definition) is 3. The highest BCUT2D eigenvalue weighted by Gasteiger charge is 2.24. The molecule has 3 rings (SSSR count). The van der Waals surface area contributed by atoms with Crippen molar-refractivity contribution >= 4 is 0 Å². The maximum atomic E-state index is 9.21. The Morgan fingerprint density at radius 3 is 2.44 bits per heavy atom. The van der Waals surface area contributed by atoms with Gasteiger partial charge in [-0.3, -0.25) is 0 Å². The molecule has 1 aromatic heterocycles. The highest BCUT2D eigenvalue weighted by atomic mass is 16.3. The van der Waals surface area contributed by atoms with Crippen molar-refractivity contribution in [1.29, 1.82) is 0 Å². The van der Waals surface area contributed by atoms with Crippen LogP contribution >= 0.6 is 0 Å². The van der Waals surface area contributed by atoms with Crippen LogP contribution in [0.25, 0.3) is 0 Å². The van der Waals surface area contributed by atoms with E-state index in [1.165, 1.54) is 11.1 Å². The molecule has 0 radical (unpaired) electrons. The van der Waals surface area contributed by atoms with Crippen LogP contribution in [0.2, 0.25) is 0 Å². The first-order chi connectivity index (χ1) is 8.76. The largest absolute Gasteiger partial charge is 0.390 e. The number of fused-ring (bicyclic) bond motifs is 1. The normalized spacial score (nSPS) is 14.8. The Balaban J connectivity index is 1.92. The topological polar surface area (TPSA) is 46.0 Å². The Hall–Kier alpha value is -1.74. The van der Waals surface area contributed by atoms with Gasteiger partial charge in [0.2, 0.25) is 0 Å². The summed E-state index contributed by atoms with van der Waals surface area (Å²) >= 11 is 0. The van der Waals surface area contributed by atoms with Crippen molar-refractivity contribution < 1.29 is 5.11 Å². The van der Waals surface area contributed by atoms with E-state index in [0.717, 1.165) is 24.4 Å². The molecule has 0 amide bonds. The highest BCUT2D eigenvalue weighted by molar-refractivity contribution is 5.35. The van der Waals surface area contributed by atoms with Gasteiger partial charge in [0.1, 0.15) is 5.82 Å². The third-order valence-corrected chi connectivity index (χ3v) is 3.50. The summed E-state index contributed by atoms with van der Waals surface area (Å²) in [6, 6.07) is 10.4. The smallest absolute Gasteiger partial charge is 0.132 e. The maximum absolute atomic E-state index is 9.21. The number of aliphatic hydroxyl groups excluding tert-OH is 1. The van der Waals surface area contributed by atoms with E-state index in [0.29, 0.717) is 11.6 Å². The summed E-state index contributed by atoms with van der Waals surface area (Å²) in [6.45, 7) is 1.93. The van der Waals surface area contributed by atoms with E-state index in [2.05, 4.69) is 34.2 Å². The zero-order valence-corrected chi connectivity index (χ0v) is 10.4. The van der Waals surface area contributed by atoms with Crippen molar-refractivity contribution in [3.63, 3.8) is 0 Å². The molecule has 1 aliphatic carbocycles. The first-order valence-electron chi connectivity index (χ1n) is 6.28. The van der Waals surface area contributed by atoms with Crippen molar-refractivity contribution in [3.8, 4) is 0 Å². The predicted molar refractivity (Wildman–Crippen MR) is 69.3 cm³/mol. The van der Waals surface area contributed by atoms with Crippen LogP contribution in [0.3, 0.4) is 0 Å². The first-order valence-corrected chi connectivity index (χ1v) is 6.28. The van der Waals surface area contributed by atoms with Crippen LogP contribution < -0.4 is 0 Å². The van der Waals surface area contributed by atoms with Crippen LogP contribution in [0, 0.1) is 6.92 Å². The Kier molecular flexibility index (Phi) is 2.84. The van der Waals surface area contributed by atoms with E-state index < -0.39 is 0 Å². The first kappa shape index (κ1) is 11.4. The van der Waals surface area contributed by atoms with Gasteiger partial charge in [0.05, 0.1) is 12.3 Å². The summed E-state index contributed by atoms with van der Waals surface area (Å²) in [4.78, 5) is 8.98. The molecule has 0 aliphatic heterocycles. The van der Waals surface area contributed by atoms with Gasteiger partial charge in [-0.05, 0) is 37.0 Å². The van der Waals surface area contributed by atoms with Crippen LogP contribution in [-0.2, 0) is 19.4 Å². The molecule has 2 aromatic rings. The Labute approximate surface area is 107 Å². The standard InChI is InChI=1S/C15H16N2O/c1-10-6-14(9-18)17-15(16-10)13-7-11-4-2-3-5-12(11)8-13/h2-6,13,18H,7-9H2,1H3. The van der Waals surface area contributed by atoms with Gasteiger partial charge in [0.25, 0.3) is 0 Å². The van der Waals surface area contributed by atoms with E-state index in [9.17, 15) is 5.11 Å². The van der Waals surface area contributed by atoms with E-state index in [1.807, 2.05) is 13.0 Å². The van der Waals surface area contributed by atoms with Crippen LogP contribution in [0.5, 0.6) is 0 Å². The fourth-order valence-corrected chi connectivity index (χ4v) is 2.66. The van der Waals surface area contributed by atoms with Gasteiger partial charge in [0, 0.05) is 11.6 Å². The minimum Gasteiger partial charge on any atom is -0.390 e. The SMILES string of the molecule is Cc1cc(CO)nc(C2Cc3ccccc3C2)n1. The predicted octanol–water partition coefficient (Wildman–Crippen LogP) is 2.16. The zero-order valence-electron chi connectivity index (χ0n) is 10.4. The van der Waals surface area contributed by atoms with E-state index in [-0.39, 0.29) is 6.61 Å². The Bertz CT molecular complexity index is 555. The molecule has 1 aromatic carbocycles. The lowest BCUT2D eigenvalue weighted by Crippen LogP contribution is -2.08. The second-order valence-electron chi connectivity index (χ2n) is 4.89. The van der Waals surface area contributed by atoms with E-state index >= 15 is 0 Å². The molecule has 0 atom stereocenters. The van der Waals surface area contributed by atoms with Gasteiger partial charge in [-0.1, -0.05) is 24.3 Å². The van der Waals surface area contributed by atoms with Crippen molar-refractivity contribution in [1.82, 2.24) is 9.97 Å². The summed E-state index contributed by atoms with van der Waals surface area (Å²) in [5.41, 5.74) is 4.45. The van der Waals surface area contributed by atoms with Crippen molar-refractivity contribution in [3.05, 3.63) is 58.7 Å². The molecule has 3 nitrogen and oxygen atoms in total. The fourth-order valence-electron chi connectivity index (χ4n) is 2.66. The Morgan fingerprint density at radius 1 is 1.17 bits per heavy atom. The number of aliphatic hydroxyl groups is 1. The molecule has 3 heteroatoms. The molecule has 0 unspecified atom stereocenters. The summed E-state index contributed by atoms with van der Waals surface area (Å²) in [5.74, 6) is 1.22. The number of hydrogen-bond donors (Lipinski definition) is 1. The molecule has 0 fully saturated rings. The number of rotatable bonds is 2. The van der Waals surface area contributed by atoms with Crippen molar-refractivity contribution in [2.45, 2.75) is 32.3 Å². The molecule has 1 N–H and O–H groups in total. The van der Waals surface area contributed by atoms with Gasteiger partial charge >= 0.3 is 0 Å². The van der Waals surface area contributed by atoms with Crippen LogP contribution in [-0.4, -0.2) is 15.1 Å². The molecule has 0 spiro atoms. The number of nitrogens with zero attached hydrogens (tertiary/aromatic N) is 2. The number of aromatic nitrogens is 2. The minimum atomic E-state index is -0.0178. The van der Waals surface area contributed by atoms with Gasteiger partial charge in [-0.2, -0.15) is 0 Å². The second-order valence-corrected chi connectivity index (χ2v) is 4.89. The molecular weight excluding hydrogens is 224 g/mol. The molecule has 18 heavy (non-hydrogen) atoms. The fraction of sp³-hybridized carbons (Fsp3) is 0.333. The van der Waals surface area contributed by atoms with Gasteiger partial charge < -0.3 is 5.11 Å². The molecule has 1 aliphatic rings. The quantitative estimate of drug-likeness (QED) is 0.875. The number of benzene rings is 1. The lowest BCUT2D eigenvalue weighted by atomic mass is 10.1. The average Bonchev–Trinajstić information content (AvgIpc) is 2.81. The summed E-state index contributed by atoms with van der Waals surface area (Å²) in [7, 11) is 0. The van der Waals surface area contributed by atoms with E-state index in [1.54, 1.807) is 0 Å². The maximum Gasteiger partial charge on any atom is 0.132 e. The molecule has 0 saturated carbocycles. The second kappa shape index (κ2) is 4.50. The minimum absolute atomic E-state index is 0.0178. The van der Waals surface area contributed by atoms with Crippen molar-refractivity contribution in [2.24, 2.45) is 0 Å². The highest BCUT2D eigenvalue weighted by Crippen LogP contribution is 2.32. The lowest BCUT2D eigenvalue weighted by molar-refractivity contribution is 0.275. The van der Waals surface area contributed by atoms with Crippen LogP contribution in [0.15, 0.2) is 30.3 Å².